The molecule has 0 spiro atoms. The van der Waals surface area contributed by atoms with Crippen LogP contribution in [0.2, 0.25) is 0 Å². The molecule has 1 aromatic heterocycles. The molecule has 0 radical (unpaired) electrons. The van der Waals surface area contributed by atoms with Crippen LogP contribution in [0.4, 0.5) is 0 Å². The highest BCUT2D eigenvalue weighted by atomic mass is 32.1. The molecule has 0 aromatic carbocycles. The van der Waals surface area contributed by atoms with Gasteiger partial charge in [0, 0.05) is 16.8 Å². The van der Waals surface area contributed by atoms with Crippen LogP contribution in [-0.4, -0.2) is 13.1 Å². The predicted octanol–water partition coefficient (Wildman–Crippen LogP) is 3.34. The van der Waals surface area contributed by atoms with E-state index in [9.17, 15) is 0 Å². The maximum Gasteiger partial charge on any atom is 0.0240 e. The minimum Gasteiger partial charge on any atom is -0.316 e. The molecule has 2 rings (SSSR count). The Kier molecular flexibility index (Phi) is 3.60. The van der Waals surface area contributed by atoms with Crippen molar-refractivity contribution < 1.29 is 0 Å². The number of rotatable bonds is 5. The zero-order valence-electron chi connectivity index (χ0n) is 9.33. The van der Waals surface area contributed by atoms with Gasteiger partial charge in [-0.2, -0.15) is 0 Å². The van der Waals surface area contributed by atoms with Crippen LogP contribution in [0.3, 0.4) is 0 Å². The molecule has 0 saturated heterocycles. The van der Waals surface area contributed by atoms with Crippen molar-refractivity contribution in [3.05, 3.63) is 34.5 Å². The summed E-state index contributed by atoms with van der Waals surface area (Å²) >= 11 is 1.90. The molecular formula is C13H19NS. The Morgan fingerprint density at radius 2 is 2.20 bits per heavy atom. The van der Waals surface area contributed by atoms with Gasteiger partial charge in [-0.15, -0.1) is 11.3 Å². The first kappa shape index (κ1) is 10.9. The van der Waals surface area contributed by atoms with Crippen molar-refractivity contribution in [2.75, 3.05) is 13.1 Å². The quantitative estimate of drug-likeness (QED) is 0.594. The van der Waals surface area contributed by atoms with E-state index in [1.54, 1.807) is 0 Å². The second-order valence-corrected chi connectivity index (χ2v) is 5.26. The summed E-state index contributed by atoms with van der Waals surface area (Å²) in [7, 11) is 0. The fourth-order valence-electron chi connectivity index (χ4n) is 2.22. The average molecular weight is 221 g/mol. The molecule has 0 saturated carbocycles. The van der Waals surface area contributed by atoms with Crippen molar-refractivity contribution in [3.63, 3.8) is 0 Å². The third-order valence-corrected chi connectivity index (χ3v) is 4.23. The molecule has 1 heterocycles. The smallest absolute Gasteiger partial charge is 0.0240 e. The van der Waals surface area contributed by atoms with E-state index in [4.69, 9.17) is 0 Å². The molecule has 1 aliphatic rings. The van der Waals surface area contributed by atoms with Crippen LogP contribution in [0.5, 0.6) is 0 Å². The molecule has 0 unspecified atom stereocenters. The second kappa shape index (κ2) is 4.95. The highest BCUT2D eigenvalue weighted by Crippen LogP contribution is 2.38. The average Bonchev–Trinajstić information content (AvgIpc) is 2.89. The van der Waals surface area contributed by atoms with E-state index >= 15 is 0 Å². The molecule has 2 heteroatoms. The van der Waals surface area contributed by atoms with Gasteiger partial charge >= 0.3 is 0 Å². The molecule has 1 aliphatic carbocycles. The first-order valence-corrected chi connectivity index (χ1v) is 6.65. The van der Waals surface area contributed by atoms with Crippen molar-refractivity contribution >= 4 is 11.3 Å². The van der Waals surface area contributed by atoms with Gasteiger partial charge in [0.15, 0.2) is 0 Å². The van der Waals surface area contributed by atoms with Crippen LogP contribution in [-0.2, 0) is 5.41 Å². The van der Waals surface area contributed by atoms with Gasteiger partial charge in [-0.05, 0) is 37.3 Å². The Balaban J connectivity index is 2.05. The van der Waals surface area contributed by atoms with Crippen molar-refractivity contribution in [3.8, 4) is 0 Å². The van der Waals surface area contributed by atoms with Crippen molar-refractivity contribution in [1.29, 1.82) is 0 Å². The van der Waals surface area contributed by atoms with Gasteiger partial charge in [-0.1, -0.05) is 25.1 Å². The van der Waals surface area contributed by atoms with E-state index in [2.05, 4.69) is 41.9 Å². The summed E-state index contributed by atoms with van der Waals surface area (Å²) < 4.78 is 0. The number of hydrogen-bond acceptors (Lipinski definition) is 2. The van der Waals surface area contributed by atoms with Crippen LogP contribution in [0.1, 0.15) is 31.1 Å². The molecule has 0 atom stereocenters. The zero-order valence-corrected chi connectivity index (χ0v) is 10.1. The predicted molar refractivity (Wildman–Crippen MR) is 67.5 cm³/mol. The Morgan fingerprint density at radius 3 is 2.80 bits per heavy atom. The van der Waals surface area contributed by atoms with Gasteiger partial charge < -0.3 is 5.32 Å². The largest absolute Gasteiger partial charge is 0.316 e. The Bertz CT molecular complexity index is 305. The lowest BCUT2D eigenvalue weighted by Gasteiger charge is -2.28. The molecule has 15 heavy (non-hydrogen) atoms. The topological polar surface area (TPSA) is 12.0 Å². The molecule has 0 bridgehead atoms. The Morgan fingerprint density at radius 1 is 1.40 bits per heavy atom. The van der Waals surface area contributed by atoms with Crippen molar-refractivity contribution in [2.24, 2.45) is 0 Å². The van der Waals surface area contributed by atoms with E-state index in [-0.39, 0.29) is 0 Å². The highest BCUT2D eigenvalue weighted by molar-refractivity contribution is 7.10. The number of nitrogens with one attached hydrogen (secondary N) is 1. The minimum atomic E-state index is 0.364. The van der Waals surface area contributed by atoms with Gasteiger partial charge in [0.2, 0.25) is 0 Å². The lowest BCUT2D eigenvalue weighted by atomic mass is 9.83. The first-order chi connectivity index (χ1) is 7.37. The summed E-state index contributed by atoms with van der Waals surface area (Å²) in [5.41, 5.74) is 0.364. The maximum absolute atomic E-state index is 3.57. The fraction of sp³-hybridized carbons (Fsp3) is 0.538. The summed E-state index contributed by atoms with van der Waals surface area (Å²) in [5.74, 6) is 0. The molecular weight excluding hydrogens is 202 g/mol. The van der Waals surface area contributed by atoms with E-state index in [0.29, 0.717) is 5.41 Å². The SMILES string of the molecule is CCCNCC1(c2cccs2)CC=CC1. The van der Waals surface area contributed by atoms with E-state index in [0.717, 1.165) is 13.1 Å². The lowest BCUT2D eigenvalue weighted by molar-refractivity contribution is 0.426. The maximum atomic E-state index is 3.57. The normalized spacial score (nSPS) is 18.5. The number of allylic oxidation sites excluding steroid dienone is 2. The van der Waals surface area contributed by atoms with Crippen molar-refractivity contribution in [2.45, 2.75) is 31.6 Å². The van der Waals surface area contributed by atoms with E-state index in [1.165, 1.54) is 24.1 Å². The Hall–Kier alpha value is -0.600. The fourth-order valence-corrected chi connectivity index (χ4v) is 3.17. The van der Waals surface area contributed by atoms with Gasteiger partial charge in [-0.25, -0.2) is 0 Å². The third kappa shape index (κ3) is 2.32. The molecule has 1 nitrogen and oxygen atoms in total. The molecule has 0 aliphatic heterocycles. The highest BCUT2D eigenvalue weighted by Gasteiger charge is 2.33. The summed E-state index contributed by atoms with van der Waals surface area (Å²) in [6, 6.07) is 4.45. The Labute approximate surface area is 96.2 Å². The molecule has 82 valence electrons. The second-order valence-electron chi connectivity index (χ2n) is 4.31. The number of thiophene rings is 1. The van der Waals surface area contributed by atoms with E-state index < -0.39 is 0 Å². The minimum absolute atomic E-state index is 0.364. The summed E-state index contributed by atoms with van der Waals surface area (Å²) in [6.07, 6.45) is 8.27. The standard InChI is InChI=1S/C13H19NS/c1-2-9-14-11-13(7-3-4-8-13)12-6-5-10-15-12/h3-6,10,14H,2,7-9,11H2,1H3. The zero-order chi connectivity index (χ0) is 10.6. The molecule has 1 N–H and O–H groups in total. The van der Waals surface area contributed by atoms with Crippen LogP contribution < -0.4 is 5.32 Å². The first-order valence-electron chi connectivity index (χ1n) is 5.77. The van der Waals surface area contributed by atoms with Gasteiger partial charge in [0.1, 0.15) is 0 Å². The van der Waals surface area contributed by atoms with Crippen LogP contribution in [0, 0.1) is 0 Å². The molecule has 0 fully saturated rings. The molecule has 0 amide bonds. The van der Waals surface area contributed by atoms with Gasteiger partial charge in [0.25, 0.3) is 0 Å². The summed E-state index contributed by atoms with van der Waals surface area (Å²) in [6.45, 7) is 4.47. The summed E-state index contributed by atoms with van der Waals surface area (Å²) in [4.78, 5) is 1.54. The molecule has 1 aromatic rings. The monoisotopic (exact) mass is 221 g/mol. The van der Waals surface area contributed by atoms with Crippen LogP contribution in [0.25, 0.3) is 0 Å². The van der Waals surface area contributed by atoms with Crippen LogP contribution >= 0.6 is 11.3 Å². The van der Waals surface area contributed by atoms with Gasteiger partial charge in [0.05, 0.1) is 0 Å². The van der Waals surface area contributed by atoms with E-state index in [1.807, 2.05) is 11.3 Å². The van der Waals surface area contributed by atoms with Crippen LogP contribution in [0.15, 0.2) is 29.7 Å². The summed E-state index contributed by atoms with van der Waals surface area (Å²) in [5, 5.41) is 5.76. The third-order valence-electron chi connectivity index (χ3n) is 3.12. The van der Waals surface area contributed by atoms with Gasteiger partial charge in [-0.3, -0.25) is 0 Å². The number of hydrogen-bond donors (Lipinski definition) is 1. The lowest BCUT2D eigenvalue weighted by Crippen LogP contribution is -2.35. The van der Waals surface area contributed by atoms with Crippen molar-refractivity contribution in [1.82, 2.24) is 5.32 Å².